The molecule has 1 saturated heterocycles. The summed E-state index contributed by atoms with van der Waals surface area (Å²) < 4.78 is 0. The lowest BCUT2D eigenvalue weighted by atomic mass is 9.84. The van der Waals surface area contributed by atoms with Crippen LogP contribution in [0.25, 0.3) is 11.0 Å². The lowest BCUT2D eigenvalue weighted by Crippen LogP contribution is -2.62. The van der Waals surface area contributed by atoms with Gasteiger partial charge in [-0.2, -0.15) is 0 Å². The molecule has 3 rings (SSSR count). The van der Waals surface area contributed by atoms with Crippen LogP contribution in [0.1, 0.15) is 168 Å². The summed E-state index contributed by atoms with van der Waals surface area (Å²) in [5, 5.41) is 15.3. The van der Waals surface area contributed by atoms with Crippen molar-refractivity contribution in [2.24, 2.45) is 59.2 Å². The Morgan fingerprint density at radius 1 is 0.516 bits per heavy atom. The van der Waals surface area contributed by atoms with E-state index in [1.165, 1.54) is 85.7 Å². The number of rotatable bonds is 15. The summed E-state index contributed by atoms with van der Waals surface area (Å²) in [5.41, 5.74) is 1.45. The van der Waals surface area contributed by atoms with E-state index in [0.717, 1.165) is 10.4 Å². The number of aliphatic hydroxyl groups is 1. The summed E-state index contributed by atoms with van der Waals surface area (Å²) in [6, 6.07) is -0.895. The van der Waals surface area contributed by atoms with E-state index >= 15 is 19.2 Å². The molecule has 1 aliphatic heterocycles. The lowest BCUT2D eigenvalue weighted by Gasteiger charge is -2.41. The summed E-state index contributed by atoms with van der Waals surface area (Å²) in [6.45, 7) is 28.3. The van der Waals surface area contributed by atoms with Crippen LogP contribution < -0.4 is 5.32 Å². The molecule has 0 radical (unpaired) electrons. The normalized spacial score (nSPS) is 26.1. The van der Waals surface area contributed by atoms with Crippen LogP contribution in [0.3, 0.4) is 0 Å². The van der Waals surface area contributed by atoms with Gasteiger partial charge in [0, 0.05) is 92.8 Å². The third-order valence-electron chi connectivity index (χ3n) is 18.3. The van der Waals surface area contributed by atoms with Crippen LogP contribution in [0.4, 0.5) is 0 Å². The predicted octanol–water partition coefficient (Wildman–Crippen LogP) is 6.69. The topological polar surface area (TPSA) is 271 Å². The summed E-state index contributed by atoms with van der Waals surface area (Å²) in [5.74, 6) is -10.7. The number of hydrogen-bond acceptors (Lipinski definition) is 13. The van der Waals surface area contributed by atoms with Gasteiger partial charge in [-0.05, 0) is 92.6 Å². The van der Waals surface area contributed by atoms with Crippen LogP contribution in [0.2, 0.25) is 0 Å². The lowest BCUT2D eigenvalue weighted by molar-refractivity contribution is -0.157. The fourth-order valence-electron chi connectivity index (χ4n) is 12.6. The molecule has 512 valence electrons. The van der Waals surface area contributed by atoms with Crippen LogP contribution in [0, 0.1) is 59.2 Å². The summed E-state index contributed by atoms with van der Waals surface area (Å²) in [4.78, 5) is 179. The first kappa shape index (κ1) is 78.7. The monoisotopic (exact) mass is 1270 g/mol. The third-order valence-corrected chi connectivity index (χ3v) is 18.3. The van der Waals surface area contributed by atoms with Gasteiger partial charge in [0.2, 0.25) is 47.3 Å². The molecule has 3 N–H and O–H groups in total. The number of aliphatic hydroxyl groups excluding tert-OH is 1. The fraction of sp³-hybridized carbons (Fsp3) is 0.739. The van der Waals surface area contributed by atoms with Gasteiger partial charge in [-0.25, -0.2) is 4.98 Å². The molecule has 0 unspecified atom stereocenters. The Balaban J connectivity index is 2.31. The Morgan fingerprint density at radius 3 is 1.47 bits per heavy atom. The molecule has 0 aliphatic carbocycles. The van der Waals surface area contributed by atoms with Crippen LogP contribution >= 0.6 is 0 Å². The number of Topliss-reactive ketones (excluding diaryl/α,β-unsaturated/α-hetero) is 3. The van der Waals surface area contributed by atoms with Crippen molar-refractivity contribution in [3.8, 4) is 0 Å². The molecule has 2 aromatic rings. The molecule has 1 aliphatic rings. The van der Waals surface area contributed by atoms with Gasteiger partial charge in [0.1, 0.15) is 36.0 Å². The highest BCUT2D eigenvalue weighted by molar-refractivity contribution is 5.99. The predicted molar refractivity (Wildman–Crippen MR) is 352 cm³/mol. The highest BCUT2D eigenvalue weighted by Crippen LogP contribution is 2.30. The van der Waals surface area contributed by atoms with Gasteiger partial charge in [0.05, 0.1) is 35.8 Å². The first-order valence-corrected chi connectivity index (χ1v) is 33.0. The Kier molecular flexibility index (Phi) is 30.2. The molecule has 1 aromatic heterocycles. The summed E-state index contributed by atoms with van der Waals surface area (Å²) in [7, 11) is 10.2. The highest BCUT2D eigenvalue weighted by Gasteiger charge is 2.46. The minimum Gasteiger partial charge on any atom is -0.390 e. The van der Waals surface area contributed by atoms with Crippen LogP contribution in [-0.2, 0) is 59.2 Å². The summed E-state index contributed by atoms with van der Waals surface area (Å²) in [6.07, 6.45) is -1.49. The van der Waals surface area contributed by atoms with E-state index in [0.29, 0.717) is 11.3 Å². The van der Waals surface area contributed by atoms with Gasteiger partial charge in [0.15, 0.2) is 17.3 Å². The standard InChI is InChI=1S/C69H114N10O12/c1-24-47-35-57(82)61(62(84)44(14)34-58-71-49-27-25-26-28-50(49)72-58)79(23)69(91)60(43(12)13)78(22)68(90)54(32-41(8)9)77(21)67(89)53(31-40(6)7)76(20)64(86)46(16)70-63(85)45(15)33-55(80)52(30-39(4)5)75(19)66(88)48(42(10)11)36-56(81)51(29-38(2)3)74(18)59(83)37-73(17)65(47)87/h25-28,38-48,51-54,60-62,84H,24,29-37H2,1-23H3,(H,70,85)(H,71,72)/t44-,45+,46+,47+,48-,51+,52-,53-,54-,60-,61+,62-/m1/s1. The average molecular weight is 1280 g/mol. The molecule has 2 heterocycles. The van der Waals surface area contributed by atoms with Crippen molar-refractivity contribution in [2.75, 3.05) is 55.9 Å². The molecule has 91 heavy (non-hydrogen) atoms. The molecule has 0 saturated carbocycles. The first-order chi connectivity index (χ1) is 42.2. The third kappa shape index (κ3) is 21.0. The second-order valence-electron chi connectivity index (χ2n) is 28.6. The number of aromatic nitrogens is 2. The number of aromatic amines is 1. The van der Waals surface area contributed by atoms with Gasteiger partial charge in [-0.15, -0.1) is 0 Å². The number of carbonyl (C=O) groups excluding carboxylic acids is 11. The number of benzene rings is 1. The van der Waals surface area contributed by atoms with Crippen LogP contribution in [-0.4, -0.2) is 218 Å². The number of nitrogens with zero attached hydrogens (tertiary/aromatic N) is 8. The van der Waals surface area contributed by atoms with Crippen LogP contribution in [0.5, 0.6) is 0 Å². The Labute approximate surface area is 543 Å². The Morgan fingerprint density at radius 2 is 0.978 bits per heavy atom. The maximum atomic E-state index is 15.4. The van der Waals surface area contributed by atoms with Gasteiger partial charge in [0.25, 0.3) is 0 Å². The van der Waals surface area contributed by atoms with E-state index in [9.17, 15) is 38.7 Å². The highest BCUT2D eigenvalue weighted by atomic mass is 16.3. The number of H-pyrrole nitrogens is 1. The SMILES string of the molecule is CC[C@H]1CC(=O)[C@@H]([C@H](O)[C@H](C)Cc2nc3ccccc3[nH]2)N(C)C(=O)[C@@H](C(C)C)N(C)C(=O)[C@@H](CC(C)C)N(C)C(=O)[C@@H](CC(C)C)N(C)C(=O)[C@H](C)NC(=O)[C@@H](C)CC(=O)[C@@H](CC(C)C)N(C)C(=O)[C@@H](C(C)C)CC(=O)[C@H](CC(C)C)N(C)C(=O)CN(C)C1=O. The zero-order chi connectivity index (χ0) is 69.5. The Hall–Kier alpha value is -6.58. The molecule has 0 bridgehead atoms. The molecule has 12 atom stereocenters. The Bertz CT molecular complexity index is 2820. The molecule has 8 amide bonds. The quantitative estimate of drug-likeness (QED) is 0.168. The largest absolute Gasteiger partial charge is 0.390 e. The van der Waals surface area contributed by atoms with Gasteiger partial charge < -0.3 is 49.7 Å². The molecular formula is C69H114N10O12. The summed E-state index contributed by atoms with van der Waals surface area (Å²) >= 11 is 0. The molecule has 1 fully saturated rings. The zero-order valence-corrected chi connectivity index (χ0v) is 59.3. The molecule has 1 aromatic carbocycles. The molecule has 22 nitrogen and oxygen atoms in total. The number of ketones is 3. The smallest absolute Gasteiger partial charge is 0.246 e. The maximum absolute atomic E-state index is 15.4. The second kappa shape index (κ2) is 34.9. The molecular weight excluding hydrogens is 1160 g/mol. The molecule has 22 heteroatoms. The maximum Gasteiger partial charge on any atom is 0.246 e. The van der Waals surface area contributed by atoms with E-state index in [-0.39, 0.29) is 80.8 Å². The van der Waals surface area contributed by atoms with Crippen molar-refractivity contribution in [1.29, 1.82) is 0 Å². The number of carbonyl (C=O) groups is 11. The first-order valence-electron chi connectivity index (χ1n) is 33.0. The number of nitrogens with one attached hydrogen (secondary N) is 2. The average Bonchev–Trinajstić information content (AvgIpc) is 1.70. The van der Waals surface area contributed by atoms with Crippen molar-refractivity contribution >= 4 is 75.6 Å². The van der Waals surface area contributed by atoms with Crippen LogP contribution in [0.15, 0.2) is 24.3 Å². The van der Waals surface area contributed by atoms with E-state index in [1.807, 2.05) is 79.7 Å². The fourth-order valence-corrected chi connectivity index (χ4v) is 12.6. The van der Waals surface area contributed by atoms with Crippen molar-refractivity contribution in [1.82, 2.24) is 49.6 Å². The van der Waals surface area contributed by atoms with Gasteiger partial charge in [-0.1, -0.05) is 116 Å². The minimum atomic E-state index is -1.57. The van der Waals surface area contributed by atoms with E-state index in [4.69, 9.17) is 4.98 Å². The van der Waals surface area contributed by atoms with E-state index in [1.54, 1.807) is 48.5 Å². The van der Waals surface area contributed by atoms with Crippen molar-refractivity contribution in [3.05, 3.63) is 30.1 Å². The van der Waals surface area contributed by atoms with Gasteiger partial charge in [-0.3, -0.25) is 52.7 Å². The van der Waals surface area contributed by atoms with Gasteiger partial charge >= 0.3 is 0 Å². The molecule has 0 spiro atoms. The number of amides is 8. The number of imidazole rings is 1. The number of fused-ring (bicyclic) bond motifs is 1. The number of likely N-dealkylation sites (N-methyl/N-ethyl adjacent to an activating group) is 7. The van der Waals surface area contributed by atoms with E-state index < -0.39 is 156 Å². The number of hydrogen-bond donors (Lipinski definition) is 3. The van der Waals surface area contributed by atoms with Crippen molar-refractivity contribution in [3.63, 3.8) is 0 Å². The second-order valence-corrected chi connectivity index (χ2v) is 28.6. The van der Waals surface area contributed by atoms with Crippen molar-refractivity contribution in [2.45, 2.75) is 217 Å². The number of para-hydroxylation sites is 2. The van der Waals surface area contributed by atoms with E-state index in [2.05, 4.69) is 10.3 Å². The van der Waals surface area contributed by atoms with Crippen molar-refractivity contribution < 1.29 is 57.8 Å². The zero-order valence-electron chi connectivity index (χ0n) is 59.3. The minimum absolute atomic E-state index is 0.0723.